The van der Waals surface area contributed by atoms with Gasteiger partial charge in [-0.15, -0.1) is 0 Å². The number of carbonyl (C=O) groups is 1. The molecule has 0 aliphatic rings. The number of aromatic amines is 1. The Morgan fingerprint density at radius 3 is 2.50 bits per heavy atom. The van der Waals surface area contributed by atoms with Crippen molar-refractivity contribution in [3.63, 3.8) is 0 Å². The van der Waals surface area contributed by atoms with Crippen LogP contribution in [0.15, 0.2) is 12.1 Å². The highest BCUT2D eigenvalue weighted by Gasteiger charge is 2.20. The lowest BCUT2D eigenvalue weighted by Crippen LogP contribution is -2.02. The van der Waals surface area contributed by atoms with Gasteiger partial charge >= 0.3 is 5.97 Å². The van der Waals surface area contributed by atoms with Crippen LogP contribution >= 0.6 is 0 Å². The van der Waals surface area contributed by atoms with Crippen LogP contribution in [-0.4, -0.2) is 21.2 Å². The second-order valence-electron chi connectivity index (χ2n) is 6.65. The van der Waals surface area contributed by atoms with Crippen molar-refractivity contribution in [2.75, 3.05) is 0 Å². The molecule has 0 saturated heterocycles. The number of carboxylic acids is 1. The van der Waals surface area contributed by atoms with E-state index >= 15 is 0 Å². The predicted octanol–water partition coefficient (Wildman–Crippen LogP) is 5.13. The number of aryl methyl sites for hydroxylation is 2. The van der Waals surface area contributed by atoms with E-state index in [1.165, 1.54) is 0 Å². The SMILES string of the molecule is CCCCCc1c(C(O)CCCC)[nH]c2cc(C)c(C(=O)O)cc12. The number of rotatable bonds is 9. The van der Waals surface area contributed by atoms with E-state index in [1.54, 1.807) is 6.07 Å². The third-order valence-electron chi connectivity index (χ3n) is 4.71. The van der Waals surface area contributed by atoms with Gasteiger partial charge in [-0.3, -0.25) is 0 Å². The van der Waals surface area contributed by atoms with Crippen molar-refractivity contribution in [2.24, 2.45) is 0 Å². The van der Waals surface area contributed by atoms with E-state index in [4.69, 9.17) is 0 Å². The van der Waals surface area contributed by atoms with Crippen LogP contribution < -0.4 is 0 Å². The van der Waals surface area contributed by atoms with Crippen molar-refractivity contribution >= 4 is 16.9 Å². The van der Waals surface area contributed by atoms with Crippen molar-refractivity contribution in [1.29, 1.82) is 0 Å². The van der Waals surface area contributed by atoms with E-state index in [9.17, 15) is 15.0 Å². The van der Waals surface area contributed by atoms with Gasteiger partial charge in [-0.1, -0.05) is 39.5 Å². The molecule has 1 aromatic carbocycles. The lowest BCUT2D eigenvalue weighted by molar-refractivity contribution is 0.0696. The summed E-state index contributed by atoms with van der Waals surface area (Å²) in [5.41, 5.74) is 3.97. The number of unbranched alkanes of at least 4 members (excludes halogenated alkanes) is 3. The second kappa shape index (κ2) is 8.34. The molecule has 0 amide bonds. The molecule has 0 fully saturated rings. The maximum atomic E-state index is 11.5. The van der Waals surface area contributed by atoms with E-state index < -0.39 is 12.1 Å². The van der Waals surface area contributed by atoms with Gasteiger partial charge in [0.2, 0.25) is 0 Å². The first-order chi connectivity index (χ1) is 11.5. The highest BCUT2D eigenvalue weighted by Crippen LogP contribution is 2.32. The Hall–Kier alpha value is -1.81. The monoisotopic (exact) mass is 331 g/mol. The Labute approximate surface area is 143 Å². The first-order valence-corrected chi connectivity index (χ1v) is 9.06. The zero-order chi connectivity index (χ0) is 17.7. The van der Waals surface area contributed by atoms with Crippen molar-refractivity contribution in [3.05, 3.63) is 34.5 Å². The number of aromatic carboxylic acids is 1. The standard InChI is InChI=1S/C20H29NO3/c1-4-6-8-9-14-16-12-15(20(23)24)13(3)11-17(16)21-19(14)18(22)10-7-5-2/h11-12,18,21-22H,4-10H2,1-3H3,(H,23,24). The minimum atomic E-state index is -0.900. The molecule has 0 aliphatic heterocycles. The lowest BCUT2D eigenvalue weighted by atomic mass is 9.97. The maximum absolute atomic E-state index is 11.5. The molecular formula is C20H29NO3. The first kappa shape index (κ1) is 18.5. The highest BCUT2D eigenvalue weighted by atomic mass is 16.4. The molecule has 4 heteroatoms. The average molecular weight is 331 g/mol. The van der Waals surface area contributed by atoms with Crippen LogP contribution in [-0.2, 0) is 6.42 Å². The summed E-state index contributed by atoms with van der Waals surface area (Å²) in [5.74, 6) is -0.900. The number of hydrogen-bond acceptors (Lipinski definition) is 2. The minimum absolute atomic E-state index is 0.341. The van der Waals surface area contributed by atoms with Gasteiger partial charge in [0, 0.05) is 16.6 Å². The molecule has 4 nitrogen and oxygen atoms in total. The Morgan fingerprint density at radius 1 is 1.17 bits per heavy atom. The highest BCUT2D eigenvalue weighted by molar-refractivity contribution is 5.96. The predicted molar refractivity (Wildman–Crippen MR) is 97.7 cm³/mol. The van der Waals surface area contributed by atoms with E-state index in [0.717, 1.165) is 72.7 Å². The van der Waals surface area contributed by atoms with Gasteiger partial charge in [-0.05, 0) is 49.4 Å². The molecule has 0 saturated carbocycles. The van der Waals surface area contributed by atoms with E-state index in [1.807, 2.05) is 13.0 Å². The van der Waals surface area contributed by atoms with E-state index in [0.29, 0.717) is 5.56 Å². The third-order valence-corrected chi connectivity index (χ3v) is 4.71. The van der Waals surface area contributed by atoms with Gasteiger partial charge in [0.05, 0.1) is 11.7 Å². The topological polar surface area (TPSA) is 73.3 Å². The number of aromatic nitrogens is 1. The van der Waals surface area contributed by atoms with Gasteiger partial charge in [0.15, 0.2) is 0 Å². The van der Waals surface area contributed by atoms with Crippen molar-refractivity contribution in [1.82, 2.24) is 4.98 Å². The molecule has 0 bridgehead atoms. The van der Waals surface area contributed by atoms with Crippen LogP contribution in [0.1, 0.15) is 85.7 Å². The molecule has 2 rings (SSSR count). The normalized spacial score (nSPS) is 12.7. The molecule has 24 heavy (non-hydrogen) atoms. The summed E-state index contributed by atoms with van der Waals surface area (Å²) in [5, 5.41) is 20.9. The van der Waals surface area contributed by atoms with Crippen LogP contribution in [0.25, 0.3) is 10.9 Å². The third kappa shape index (κ3) is 3.99. The number of H-pyrrole nitrogens is 1. The number of hydrogen-bond donors (Lipinski definition) is 3. The quantitative estimate of drug-likeness (QED) is 0.558. The number of fused-ring (bicyclic) bond motifs is 1. The Kier molecular flexibility index (Phi) is 6.44. The molecule has 132 valence electrons. The van der Waals surface area contributed by atoms with Crippen LogP contribution in [0.4, 0.5) is 0 Å². The van der Waals surface area contributed by atoms with E-state index in [-0.39, 0.29) is 0 Å². The summed E-state index contributed by atoms with van der Waals surface area (Å²) in [6.45, 7) is 6.09. The number of benzene rings is 1. The zero-order valence-electron chi connectivity index (χ0n) is 15.0. The van der Waals surface area contributed by atoms with Gasteiger partial charge in [0.25, 0.3) is 0 Å². The molecule has 3 N–H and O–H groups in total. The summed E-state index contributed by atoms with van der Waals surface area (Å²) in [4.78, 5) is 14.8. The van der Waals surface area contributed by atoms with Crippen molar-refractivity contribution in [3.8, 4) is 0 Å². The summed E-state index contributed by atoms with van der Waals surface area (Å²) < 4.78 is 0. The fraction of sp³-hybridized carbons (Fsp3) is 0.550. The Bertz CT molecular complexity index is 702. The number of nitrogens with one attached hydrogen (secondary N) is 1. The maximum Gasteiger partial charge on any atom is 0.335 e. The molecule has 1 aromatic heterocycles. The largest absolute Gasteiger partial charge is 0.478 e. The molecular weight excluding hydrogens is 302 g/mol. The Balaban J connectivity index is 2.50. The van der Waals surface area contributed by atoms with Gasteiger partial charge in [-0.25, -0.2) is 4.79 Å². The van der Waals surface area contributed by atoms with E-state index in [2.05, 4.69) is 18.8 Å². The fourth-order valence-electron chi connectivity index (χ4n) is 3.30. The Morgan fingerprint density at radius 2 is 1.88 bits per heavy atom. The van der Waals surface area contributed by atoms with Crippen molar-refractivity contribution in [2.45, 2.75) is 71.8 Å². The van der Waals surface area contributed by atoms with Crippen LogP contribution in [0.2, 0.25) is 0 Å². The second-order valence-corrected chi connectivity index (χ2v) is 6.65. The van der Waals surface area contributed by atoms with Crippen LogP contribution in [0, 0.1) is 6.92 Å². The summed E-state index contributed by atoms with van der Waals surface area (Å²) in [7, 11) is 0. The van der Waals surface area contributed by atoms with Crippen LogP contribution in [0.5, 0.6) is 0 Å². The lowest BCUT2D eigenvalue weighted by Gasteiger charge is -2.12. The molecule has 1 atom stereocenters. The molecule has 0 aliphatic carbocycles. The van der Waals surface area contributed by atoms with Gasteiger partial charge in [0.1, 0.15) is 0 Å². The number of aliphatic hydroxyl groups excluding tert-OH is 1. The fourth-order valence-corrected chi connectivity index (χ4v) is 3.30. The summed E-state index contributed by atoms with van der Waals surface area (Å²) in [6.07, 6.45) is 6.43. The molecule has 1 unspecified atom stereocenters. The average Bonchev–Trinajstić information content (AvgIpc) is 2.89. The minimum Gasteiger partial charge on any atom is -0.478 e. The number of aliphatic hydroxyl groups is 1. The molecule has 0 radical (unpaired) electrons. The smallest absolute Gasteiger partial charge is 0.335 e. The number of carboxylic acid groups (broad SMARTS) is 1. The first-order valence-electron chi connectivity index (χ1n) is 9.06. The van der Waals surface area contributed by atoms with Crippen LogP contribution in [0.3, 0.4) is 0 Å². The zero-order valence-corrected chi connectivity index (χ0v) is 15.0. The molecule has 0 spiro atoms. The van der Waals surface area contributed by atoms with Gasteiger partial charge < -0.3 is 15.2 Å². The summed E-state index contributed by atoms with van der Waals surface area (Å²) in [6, 6.07) is 3.65. The summed E-state index contributed by atoms with van der Waals surface area (Å²) >= 11 is 0. The molecule has 2 aromatic rings. The molecule has 1 heterocycles. The van der Waals surface area contributed by atoms with Gasteiger partial charge in [-0.2, -0.15) is 0 Å². The van der Waals surface area contributed by atoms with Crippen molar-refractivity contribution < 1.29 is 15.0 Å².